The molecule has 0 radical (unpaired) electrons. The molecule has 0 bridgehead atoms. The van der Waals surface area contributed by atoms with Gasteiger partial charge in [0.05, 0.1) is 5.92 Å². The number of aliphatic carboxylic acids is 1. The fourth-order valence-electron chi connectivity index (χ4n) is 4.35. The van der Waals surface area contributed by atoms with E-state index in [1.54, 1.807) is 24.3 Å². The van der Waals surface area contributed by atoms with E-state index >= 15 is 0 Å². The molecule has 0 aromatic heterocycles. The second-order valence-corrected chi connectivity index (χ2v) is 8.44. The van der Waals surface area contributed by atoms with Crippen LogP contribution < -0.4 is 10.6 Å². The van der Waals surface area contributed by atoms with Crippen molar-refractivity contribution < 1.29 is 23.9 Å². The molecule has 2 amide bonds. The highest BCUT2D eigenvalue weighted by Crippen LogP contribution is 2.33. The van der Waals surface area contributed by atoms with Crippen molar-refractivity contribution in [1.82, 2.24) is 0 Å². The summed E-state index contributed by atoms with van der Waals surface area (Å²) in [6, 6.07) is 19.4. The third-order valence-corrected chi connectivity index (χ3v) is 6.17. The Labute approximate surface area is 196 Å². The number of nitrogens with one attached hydrogen (secondary N) is 2. The molecule has 6 nitrogen and oxygen atoms in total. The number of carbonyl (C=O) groups is 3. The molecular weight excluding hydrogens is 435 g/mol. The highest BCUT2D eigenvalue weighted by molar-refractivity contribution is 6.01. The molecule has 0 spiro atoms. The second kappa shape index (κ2) is 10.3. The van der Waals surface area contributed by atoms with Gasteiger partial charge < -0.3 is 15.7 Å². The summed E-state index contributed by atoms with van der Waals surface area (Å²) < 4.78 is 13.0. The van der Waals surface area contributed by atoms with E-state index in [2.05, 4.69) is 10.6 Å². The van der Waals surface area contributed by atoms with Crippen LogP contribution in [0.3, 0.4) is 0 Å². The van der Waals surface area contributed by atoms with E-state index in [4.69, 9.17) is 0 Å². The number of rotatable bonds is 6. The number of benzene rings is 3. The zero-order chi connectivity index (χ0) is 24.1. The quantitative estimate of drug-likeness (QED) is 0.381. The second-order valence-electron chi connectivity index (χ2n) is 8.44. The number of ketones is 1. The molecule has 1 saturated carbocycles. The summed E-state index contributed by atoms with van der Waals surface area (Å²) in [5.74, 6) is -2.46. The maximum absolute atomic E-state index is 13.0. The van der Waals surface area contributed by atoms with E-state index in [0.717, 1.165) is 24.0 Å². The van der Waals surface area contributed by atoms with Gasteiger partial charge in [0.2, 0.25) is 0 Å². The minimum absolute atomic E-state index is 0.106. The zero-order valence-corrected chi connectivity index (χ0v) is 18.5. The van der Waals surface area contributed by atoms with Gasteiger partial charge in [-0.3, -0.25) is 9.59 Å². The van der Waals surface area contributed by atoms with Gasteiger partial charge >= 0.3 is 12.0 Å². The smallest absolute Gasteiger partial charge is 0.323 e. The highest BCUT2D eigenvalue weighted by Gasteiger charge is 2.35. The molecule has 34 heavy (non-hydrogen) atoms. The van der Waals surface area contributed by atoms with Crippen LogP contribution in [0.25, 0.3) is 11.1 Å². The Bertz CT molecular complexity index is 1170. The van der Waals surface area contributed by atoms with Gasteiger partial charge in [0, 0.05) is 22.9 Å². The minimum Gasteiger partial charge on any atom is -0.481 e. The lowest BCUT2D eigenvalue weighted by atomic mass is 9.75. The molecule has 1 fully saturated rings. The van der Waals surface area contributed by atoms with Crippen LogP contribution in [0.4, 0.5) is 20.6 Å². The van der Waals surface area contributed by atoms with Crippen molar-refractivity contribution in [3.63, 3.8) is 0 Å². The fourth-order valence-corrected chi connectivity index (χ4v) is 4.35. The van der Waals surface area contributed by atoms with Crippen LogP contribution in [0.2, 0.25) is 0 Å². The molecule has 7 heteroatoms. The van der Waals surface area contributed by atoms with Crippen molar-refractivity contribution in [2.24, 2.45) is 11.8 Å². The molecule has 2 unspecified atom stereocenters. The molecular formula is C27H25FN2O4. The van der Waals surface area contributed by atoms with Gasteiger partial charge in [-0.2, -0.15) is 0 Å². The number of carbonyl (C=O) groups excluding carboxylic acids is 2. The molecule has 3 aromatic carbocycles. The SMILES string of the molecule is O=C(Nc1ccc(F)cc1)Nc1ccc(-c2ccc(C(=O)C3CCCCC3C(=O)O)cc2)cc1. The van der Waals surface area contributed by atoms with Gasteiger partial charge in [-0.25, -0.2) is 9.18 Å². The average molecular weight is 461 g/mol. The van der Waals surface area contributed by atoms with Crippen molar-refractivity contribution in [2.75, 3.05) is 10.6 Å². The van der Waals surface area contributed by atoms with Crippen LogP contribution in [-0.2, 0) is 4.79 Å². The van der Waals surface area contributed by atoms with E-state index in [1.165, 1.54) is 24.3 Å². The Morgan fingerprint density at radius 3 is 1.71 bits per heavy atom. The van der Waals surface area contributed by atoms with E-state index in [-0.39, 0.29) is 11.6 Å². The Kier molecular flexibility index (Phi) is 7.01. The molecule has 0 aliphatic heterocycles. The predicted octanol–water partition coefficient (Wildman–Crippen LogP) is 6.21. The van der Waals surface area contributed by atoms with E-state index in [9.17, 15) is 23.9 Å². The molecule has 0 heterocycles. The molecule has 1 aliphatic rings. The monoisotopic (exact) mass is 460 g/mol. The van der Waals surface area contributed by atoms with Crippen LogP contribution in [0, 0.1) is 17.7 Å². The van der Waals surface area contributed by atoms with Crippen LogP contribution in [0.1, 0.15) is 36.0 Å². The first-order chi connectivity index (χ1) is 16.4. The molecule has 1 aliphatic carbocycles. The van der Waals surface area contributed by atoms with E-state index in [0.29, 0.717) is 29.8 Å². The summed E-state index contributed by atoms with van der Waals surface area (Å²) in [6.07, 6.45) is 2.88. The van der Waals surface area contributed by atoms with Crippen molar-refractivity contribution in [1.29, 1.82) is 0 Å². The molecule has 4 rings (SSSR count). The van der Waals surface area contributed by atoms with Gasteiger partial charge in [-0.15, -0.1) is 0 Å². The Hall–Kier alpha value is -4.00. The third-order valence-electron chi connectivity index (χ3n) is 6.17. The standard InChI is InChI=1S/C27H25FN2O4/c28-20-11-15-22(16-12-20)30-27(34)29-21-13-9-18(10-14-21)17-5-7-19(8-6-17)25(31)23-3-1-2-4-24(23)26(32)33/h5-16,23-24H,1-4H2,(H,32,33)(H2,29,30,34). The molecule has 0 saturated heterocycles. The summed E-state index contributed by atoms with van der Waals surface area (Å²) in [5, 5.41) is 14.8. The van der Waals surface area contributed by atoms with E-state index < -0.39 is 23.8 Å². The highest BCUT2D eigenvalue weighted by atomic mass is 19.1. The normalized spacial score (nSPS) is 17.6. The van der Waals surface area contributed by atoms with Crippen LogP contribution >= 0.6 is 0 Å². The molecule has 2 atom stereocenters. The summed E-state index contributed by atoms with van der Waals surface area (Å²) >= 11 is 0. The van der Waals surface area contributed by atoms with Gasteiger partial charge in [0.1, 0.15) is 5.82 Å². The van der Waals surface area contributed by atoms with E-state index in [1.807, 2.05) is 24.3 Å². The van der Waals surface area contributed by atoms with Gasteiger partial charge in [-0.05, 0) is 60.4 Å². The molecule has 3 aromatic rings. The minimum atomic E-state index is -0.894. The average Bonchev–Trinajstić information content (AvgIpc) is 2.85. The van der Waals surface area contributed by atoms with Gasteiger partial charge in [0.15, 0.2) is 5.78 Å². The lowest BCUT2D eigenvalue weighted by molar-refractivity contribution is -0.144. The number of amides is 2. The predicted molar refractivity (Wildman–Crippen MR) is 128 cm³/mol. The first-order valence-electron chi connectivity index (χ1n) is 11.2. The Balaban J connectivity index is 1.39. The largest absolute Gasteiger partial charge is 0.481 e. The van der Waals surface area contributed by atoms with Crippen LogP contribution in [-0.4, -0.2) is 22.9 Å². The number of hydrogen-bond donors (Lipinski definition) is 3. The maximum Gasteiger partial charge on any atom is 0.323 e. The summed E-state index contributed by atoms with van der Waals surface area (Å²) in [4.78, 5) is 36.6. The van der Waals surface area contributed by atoms with Crippen LogP contribution in [0.5, 0.6) is 0 Å². The number of urea groups is 1. The van der Waals surface area contributed by atoms with Crippen molar-refractivity contribution in [3.8, 4) is 11.1 Å². The Morgan fingerprint density at radius 2 is 1.18 bits per heavy atom. The number of carboxylic acids is 1. The molecule has 3 N–H and O–H groups in total. The first kappa shape index (κ1) is 23.2. The van der Waals surface area contributed by atoms with Crippen molar-refractivity contribution in [2.45, 2.75) is 25.7 Å². The van der Waals surface area contributed by atoms with Gasteiger partial charge in [-0.1, -0.05) is 49.2 Å². The zero-order valence-electron chi connectivity index (χ0n) is 18.5. The van der Waals surface area contributed by atoms with Crippen molar-refractivity contribution >= 4 is 29.2 Å². The lowest BCUT2D eigenvalue weighted by Crippen LogP contribution is -2.32. The lowest BCUT2D eigenvalue weighted by Gasteiger charge is -2.27. The summed E-state index contributed by atoms with van der Waals surface area (Å²) in [6.45, 7) is 0. The number of Topliss-reactive ketones (excluding diaryl/α,β-unsaturated/α-hetero) is 1. The molecule has 174 valence electrons. The summed E-state index contributed by atoms with van der Waals surface area (Å²) in [5.41, 5.74) is 3.40. The maximum atomic E-state index is 13.0. The summed E-state index contributed by atoms with van der Waals surface area (Å²) in [7, 11) is 0. The fraction of sp³-hybridized carbons (Fsp3) is 0.222. The van der Waals surface area contributed by atoms with Crippen LogP contribution in [0.15, 0.2) is 72.8 Å². The number of halogens is 1. The number of carboxylic acid groups (broad SMARTS) is 1. The van der Waals surface area contributed by atoms with Crippen molar-refractivity contribution in [3.05, 3.63) is 84.2 Å². The Morgan fingerprint density at radius 1 is 0.706 bits per heavy atom. The third kappa shape index (κ3) is 5.49. The van der Waals surface area contributed by atoms with Gasteiger partial charge in [0.25, 0.3) is 0 Å². The topological polar surface area (TPSA) is 95.5 Å². The number of hydrogen-bond acceptors (Lipinski definition) is 3. The first-order valence-corrected chi connectivity index (χ1v) is 11.2. The number of anilines is 2.